The number of rotatable bonds is 4. The molecule has 0 unspecified atom stereocenters. The number of thiophene rings is 4. The van der Waals surface area contributed by atoms with Crippen LogP contribution >= 0.6 is 45.3 Å². The molecule has 0 fully saturated rings. The minimum Gasteiger partial charge on any atom is -0.391 e. The summed E-state index contributed by atoms with van der Waals surface area (Å²) in [6.07, 6.45) is 0. The number of aryl methyl sites for hydroxylation is 2. The van der Waals surface area contributed by atoms with E-state index in [4.69, 9.17) is 0 Å². The van der Waals surface area contributed by atoms with Gasteiger partial charge in [0.25, 0.3) is 0 Å². The van der Waals surface area contributed by atoms with E-state index in [2.05, 4.69) is 55.6 Å². The lowest BCUT2D eigenvalue weighted by atomic mass is 10.2. The third-order valence-corrected chi connectivity index (χ3v) is 8.85. The van der Waals surface area contributed by atoms with Crippen LogP contribution in [0.15, 0.2) is 41.8 Å². The molecule has 0 spiro atoms. The molecule has 1 N–H and O–H groups in total. The van der Waals surface area contributed by atoms with Crippen LogP contribution in [-0.2, 0) is 6.61 Å². The molecule has 4 rings (SSSR count). The Morgan fingerprint density at radius 3 is 1.92 bits per heavy atom. The summed E-state index contributed by atoms with van der Waals surface area (Å²) in [7, 11) is 0. The third-order valence-electron chi connectivity index (χ3n) is 3.89. The van der Waals surface area contributed by atoms with Crippen LogP contribution in [0.5, 0.6) is 0 Å². The van der Waals surface area contributed by atoms with Crippen LogP contribution in [0.4, 0.5) is 0 Å². The van der Waals surface area contributed by atoms with E-state index >= 15 is 0 Å². The van der Waals surface area contributed by atoms with Crippen molar-refractivity contribution >= 4 is 45.3 Å². The molecule has 0 amide bonds. The van der Waals surface area contributed by atoms with E-state index in [0.29, 0.717) is 0 Å². The number of aliphatic hydroxyl groups is 1. The van der Waals surface area contributed by atoms with Crippen molar-refractivity contribution in [2.75, 3.05) is 0 Å². The molecule has 0 aromatic carbocycles. The van der Waals surface area contributed by atoms with E-state index in [1.54, 1.807) is 11.3 Å². The van der Waals surface area contributed by atoms with Crippen LogP contribution in [0.25, 0.3) is 29.3 Å². The Morgan fingerprint density at radius 2 is 1.38 bits per heavy atom. The van der Waals surface area contributed by atoms with Gasteiger partial charge < -0.3 is 5.11 Å². The molecule has 0 radical (unpaired) electrons. The van der Waals surface area contributed by atoms with E-state index in [1.807, 2.05) is 34.0 Å². The zero-order valence-corrected chi connectivity index (χ0v) is 16.6. The van der Waals surface area contributed by atoms with Crippen molar-refractivity contribution in [1.82, 2.24) is 0 Å². The highest BCUT2D eigenvalue weighted by Gasteiger charge is 2.13. The largest absolute Gasteiger partial charge is 0.391 e. The quantitative estimate of drug-likeness (QED) is 0.397. The van der Waals surface area contributed by atoms with Gasteiger partial charge in [-0.1, -0.05) is 0 Å². The summed E-state index contributed by atoms with van der Waals surface area (Å²) in [5.41, 5.74) is 2.60. The molecule has 5 heteroatoms. The van der Waals surface area contributed by atoms with Crippen molar-refractivity contribution in [3.05, 3.63) is 57.8 Å². The Labute approximate surface area is 157 Å². The Hall–Kier alpha value is -1.24. The molecule has 0 aliphatic carbocycles. The Kier molecular flexibility index (Phi) is 4.45. The second-order valence-electron chi connectivity index (χ2n) is 5.64. The molecule has 4 aromatic heterocycles. The van der Waals surface area contributed by atoms with Crippen LogP contribution < -0.4 is 0 Å². The second-order valence-corrected chi connectivity index (χ2v) is 9.86. The van der Waals surface area contributed by atoms with E-state index in [9.17, 15) is 5.11 Å². The maximum absolute atomic E-state index is 9.34. The predicted molar refractivity (Wildman–Crippen MR) is 110 cm³/mol. The van der Waals surface area contributed by atoms with Crippen molar-refractivity contribution in [3.63, 3.8) is 0 Å². The van der Waals surface area contributed by atoms with Gasteiger partial charge in [-0.2, -0.15) is 0 Å². The Bertz CT molecular complexity index is 983. The van der Waals surface area contributed by atoms with Crippen molar-refractivity contribution in [2.24, 2.45) is 0 Å². The lowest BCUT2D eigenvalue weighted by molar-refractivity contribution is 0.285. The molecule has 0 aliphatic rings. The van der Waals surface area contributed by atoms with E-state index in [1.165, 1.54) is 40.4 Å². The van der Waals surface area contributed by atoms with Gasteiger partial charge in [0.05, 0.1) is 6.61 Å². The zero-order valence-electron chi connectivity index (χ0n) is 13.3. The molecule has 0 saturated heterocycles. The molecule has 4 aromatic rings. The normalized spacial score (nSPS) is 11.3. The van der Waals surface area contributed by atoms with Crippen LogP contribution in [-0.4, -0.2) is 5.11 Å². The first kappa shape index (κ1) is 16.2. The fourth-order valence-electron chi connectivity index (χ4n) is 2.68. The number of hydrogen-bond acceptors (Lipinski definition) is 5. The van der Waals surface area contributed by atoms with E-state index in [-0.39, 0.29) is 6.61 Å². The fraction of sp³-hybridized carbons (Fsp3) is 0.158. The first-order valence-corrected chi connectivity index (χ1v) is 10.9. The fourth-order valence-corrected chi connectivity index (χ4v) is 7.11. The third kappa shape index (κ3) is 2.91. The second kappa shape index (κ2) is 6.58. The standard InChI is InChI=1S/C19H16OS4/c1-11-7-8-21-18(11)16-5-3-14(23-16)15-4-6-17(24-15)19-12(2)9-13(10-20)22-19/h3-9,20H,10H2,1-2H3. The number of aliphatic hydroxyl groups excluding tert-OH is 1. The molecular weight excluding hydrogens is 372 g/mol. The summed E-state index contributed by atoms with van der Waals surface area (Å²) < 4.78 is 0. The molecule has 0 aliphatic heterocycles. The molecule has 24 heavy (non-hydrogen) atoms. The van der Waals surface area contributed by atoms with Gasteiger partial charge in [-0.3, -0.25) is 0 Å². The highest BCUT2D eigenvalue weighted by atomic mass is 32.1. The summed E-state index contributed by atoms with van der Waals surface area (Å²) in [5, 5.41) is 11.5. The van der Waals surface area contributed by atoms with Crippen molar-refractivity contribution in [1.29, 1.82) is 0 Å². The lowest BCUT2D eigenvalue weighted by Crippen LogP contribution is -1.71. The monoisotopic (exact) mass is 388 g/mol. The zero-order chi connectivity index (χ0) is 16.7. The maximum Gasteiger partial charge on any atom is 0.0774 e. The van der Waals surface area contributed by atoms with Crippen LogP contribution in [0.1, 0.15) is 16.0 Å². The first-order valence-electron chi connectivity index (χ1n) is 7.61. The average Bonchev–Trinajstić information content (AvgIpc) is 3.32. The van der Waals surface area contributed by atoms with Gasteiger partial charge in [-0.05, 0) is 66.8 Å². The highest BCUT2D eigenvalue weighted by Crippen LogP contribution is 2.44. The van der Waals surface area contributed by atoms with E-state index in [0.717, 1.165) is 4.88 Å². The molecule has 0 saturated carbocycles. The summed E-state index contributed by atoms with van der Waals surface area (Å²) in [4.78, 5) is 8.96. The minimum atomic E-state index is 0.123. The van der Waals surface area contributed by atoms with Gasteiger partial charge in [0.15, 0.2) is 0 Å². The predicted octanol–water partition coefficient (Wildman–Crippen LogP) is 7.04. The van der Waals surface area contributed by atoms with Gasteiger partial charge in [0, 0.05) is 34.1 Å². The summed E-state index contributed by atoms with van der Waals surface area (Å²) in [6, 6.07) is 13.2. The molecular formula is C19H16OS4. The van der Waals surface area contributed by atoms with Gasteiger partial charge >= 0.3 is 0 Å². The van der Waals surface area contributed by atoms with E-state index < -0.39 is 0 Å². The van der Waals surface area contributed by atoms with Crippen molar-refractivity contribution in [3.8, 4) is 29.3 Å². The van der Waals surface area contributed by atoms with Gasteiger partial charge in [-0.25, -0.2) is 0 Å². The molecule has 1 nitrogen and oxygen atoms in total. The molecule has 0 atom stereocenters. The van der Waals surface area contributed by atoms with Crippen LogP contribution in [0.2, 0.25) is 0 Å². The lowest BCUT2D eigenvalue weighted by Gasteiger charge is -1.95. The van der Waals surface area contributed by atoms with Crippen LogP contribution in [0, 0.1) is 13.8 Å². The summed E-state index contributed by atoms with van der Waals surface area (Å²) in [5.74, 6) is 0. The molecule has 0 bridgehead atoms. The smallest absolute Gasteiger partial charge is 0.0774 e. The van der Waals surface area contributed by atoms with Gasteiger partial charge in [0.2, 0.25) is 0 Å². The minimum absolute atomic E-state index is 0.123. The van der Waals surface area contributed by atoms with Crippen molar-refractivity contribution in [2.45, 2.75) is 20.5 Å². The first-order chi connectivity index (χ1) is 11.7. The summed E-state index contributed by atoms with van der Waals surface area (Å²) in [6.45, 7) is 4.41. The maximum atomic E-state index is 9.34. The topological polar surface area (TPSA) is 20.2 Å². The van der Waals surface area contributed by atoms with Gasteiger partial charge in [0.1, 0.15) is 0 Å². The Morgan fingerprint density at radius 1 is 0.750 bits per heavy atom. The Balaban J connectivity index is 1.67. The van der Waals surface area contributed by atoms with Gasteiger partial charge in [-0.15, -0.1) is 45.3 Å². The summed E-state index contributed by atoms with van der Waals surface area (Å²) >= 11 is 7.20. The SMILES string of the molecule is Cc1ccsc1-c1ccc(-c2ccc(-c3sc(CO)cc3C)s2)s1. The molecule has 4 heterocycles. The molecule has 122 valence electrons. The number of hydrogen-bond donors (Lipinski definition) is 1. The van der Waals surface area contributed by atoms with Crippen LogP contribution in [0.3, 0.4) is 0 Å². The average molecular weight is 389 g/mol. The highest BCUT2D eigenvalue weighted by molar-refractivity contribution is 7.28. The van der Waals surface area contributed by atoms with Crippen molar-refractivity contribution < 1.29 is 5.11 Å².